The zero-order valence-electron chi connectivity index (χ0n) is 29.9. The van der Waals surface area contributed by atoms with E-state index < -0.39 is 11.3 Å². The van der Waals surface area contributed by atoms with Crippen LogP contribution in [0.2, 0.25) is 0 Å². The molecule has 0 aromatic heterocycles. The first kappa shape index (κ1) is 32.6. The van der Waals surface area contributed by atoms with Gasteiger partial charge < -0.3 is 19.3 Å². The second kappa shape index (κ2) is 13.0. The van der Waals surface area contributed by atoms with E-state index in [1.165, 1.54) is 11.1 Å². The average molecular weight is 693 g/mol. The van der Waals surface area contributed by atoms with E-state index in [2.05, 4.69) is 139 Å². The minimum Gasteiger partial charge on any atom is -0.456 e. The number of esters is 1. The van der Waals surface area contributed by atoms with Crippen LogP contribution in [-0.2, 0) is 28.0 Å². The monoisotopic (exact) mass is 692 g/mol. The second-order valence-electron chi connectivity index (χ2n) is 13.8. The van der Waals surface area contributed by atoms with E-state index >= 15 is 0 Å². The van der Waals surface area contributed by atoms with Crippen LogP contribution in [0.25, 0.3) is 0 Å². The van der Waals surface area contributed by atoms with E-state index in [1.807, 2.05) is 54.6 Å². The first-order chi connectivity index (χ1) is 26.1. The van der Waals surface area contributed by atoms with Crippen LogP contribution < -0.4 is 14.5 Å². The number of aryl methyl sites for hydroxylation is 2. The fraction of sp³-hybridized carbons (Fsp3) is 0.146. The molecule has 0 atom stereocenters. The number of nitrogens with zero attached hydrogens (tertiary/aromatic N) is 2. The van der Waals surface area contributed by atoms with E-state index in [0.29, 0.717) is 23.5 Å². The van der Waals surface area contributed by atoms with Crippen LogP contribution in [0.4, 0.5) is 22.7 Å². The van der Waals surface area contributed by atoms with E-state index in [9.17, 15) is 4.79 Å². The lowest BCUT2D eigenvalue weighted by atomic mass is 9.71. The summed E-state index contributed by atoms with van der Waals surface area (Å²) in [5, 5.41) is 0. The third-order valence-corrected chi connectivity index (χ3v) is 10.9. The Morgan fingerprint density at radius 2 is 1.04 bits per heavy atom. The van der Waals surface area contributed by atoms with E-state index in [0.717, 1.165) is 52.3 Å². The van der Waals surface area contributed by atoms with Gasteiger partial charge in [-0.05, 0) is 96.8 Å². The summed E-state index contributed by atoms with van der Waals surface area (Å²) in [6, 6.07) is 54.8. The molecule has 1 spiro atoms. The van der Waals surface area contributed by atoms with E-state index in [4.69, 9.17) is 9.47 Å². The summed E-state index contributed by atoms with van der Waals surface area (Å²) in [5.41, 5.74) is 7.60. The lowest BCUT2D eigenvalue weighted by molar-refractivity contribution is -0.145. The van der Waals surface area contributed by atoms with Crippen LogP contribution in [0.3, 0.4) is 0 Å². The Hall–Kier alpha value is -6.33. The summed E-state index contributed by atoms with van der Waals surface area (Å²) in [6.07, 6.45) is 6.45. The predicted molar refractivity (Wildman–Crippen MR) is 212 cm³/mol. The normalized spacial score (nSPS) is 15.9. The fourth-order valence-electron chi connectivity index (χ4n) is 8.47. The zero-order chi connectivity index (χ0) is 36.0. The largest absolute Gasteiger partial charge is 0.456 e. The number of para-hydroxylation sites is 4. The highest BCUT2D eigenvalue weighted by molar-refractivity contribution is 5.99. The van der Waals surface area contributed by atoms with Crippen molar-refractivity contribution >= 4 is 28.7 Å². The minimum atomic E-state index is -1.20. The van der Waals surface area contributed by atoms with Crippen molar-refractivity contribution in [1.29, 1.82) is 0 Å². The SMILES string of the molecule is CCc1cccc(N(c2ccccc2)C2(N(c3ccccc3)c3cccc(CC)c3)C=CC3=C(C2)C2(OC3=O)c3ccccc3Oc3ccccc32)c1. The van der Waals surface area contributed by atoms with E-state index in [-0.39, 0.29) is 5.97 Å². The Morgan fingerprint density at radius 3 is 1.55 bits per heavy atom. The molecule has 0 amide bonds. The topological polar surface area (TPSA) is 42.0 Å². The number of benzene rings is 6. The molecular weight excluding hydrogens is 653 g/mol. The van der Waals surface area contributed by atoms with Gasteiger partial charge in [-0.15, -0.1) is 0 Å². The Morgan fingerprint density at radius 1 is 0.566 bits per heavy atom. The van der Waals surface area contributed by atoms with Crippen LogP contribution in [0.1, 0.15) is 42.5 Å². The summed E-state index contributed by atoms with van der Waals surface area (Å²) in [7, 11) is 0. The van der Waals surface area contributed by atoms with Gasteiger partial charge >= 0.3 is 5.97 Å². The summed E-state index contributed by atoms with van der Waals surface area (Å²) in [6.45, 7) is 4.38. The molecule has 260 valence electrons. The summed E-state index contributed by atoms with van der Waals surface area (Å²) < 4.78 is 13.3. The molecule has 1 aliphatic carbocycles. The predicted octanol–water partition coefficient (Wildman–Crippen LogP) is 11.3. The molecule has 9 rings (SSSR count). The molecule has 0 bridgehead atoms. The van der Waals surface area contributed by atoms with Gasteiger partial charge in [0, 0.05) is 45.9 Å². The molecule has 53 heavy (non-hydrogen) atoms. The second-order valence-corrected chi connectivity index (χ2v) is 13.8. The van der Waals surface area contributed by atoms with Crippen molar-refractivity contribution in [3.63, 3.8) is 0 Å². The molecule has 5 heteroatoms. The van der Waals surface area contributed by atoms with Crippen LogP contribution in [-0.4, -0.2) is 11.6 Å². The molecule has 0 N–H and O–H groups in total. The van der Waals surface area contributed by atoms with Crippen LogP contribution in [0.15, 0.2) is 181 Å². The van der Waals surface area contributed by atoms with Crippen molar-refractivity contribution in [1.82, 2.24) is 0 Å². The van der Waals surface area contributed by atoms with Gasteiger partial charge in [-0.1, -0.05) is 111 Å². The highest BCUT2D eigenvalue weighted by atomic mass is 16.6. The molecule has 6 aromatic rings. The molecule has 2 heterocycles. The van der Waals surface area contributed by atoms with Crippen LogP contribution >= 0.6 is 0 Å². The molecule has 5 nitrogen and oxygen atoms in total. The number of anilines is 4. The molecule has 0 radical (unpaired) electrons. The third-order valence-electron chi connectivity index (χ3n) is 10.9. The lowest BCUT2D eigenvalue weighted by Gasteiger charge is -2.53. The minimum absolute atomic E-state index is 0.338. The Balaban J connectivity index is 1.38. The number of hydrogen-bond donors (Lipinski definition) is 0. The van der Waals surface area contributed by atoms with Crippen molar-refractivity contribution < 1.29 is 14.3 Å². The third kappa shape index (κ3) is 5.18. The van der Waals surface area contributed by atoms with Gasteiger partial charge in [0.25, 0.3) is 0 Å². The lowest BCUT2D eigenvalue weighted by Crippen LogP contribution is -2.58. The summed E-state index contributed by atoms with van der Waals surface area (Å²) >= 11 is 0. The smallest absolute Gasteiger partial charge is 0.339 e. The number of ether oxygens (including phenoxy) is 2. The van der Waals surface area contributed by atoms with Gasteiger partial charge in [-0.25, -0.2) is 4.79 Å². The molecule has 0 unspecified atom stereocenters. The van der Waals surface area contributed by atoms with Crippen molar-refractivity contribution in [2.24, 2.45) is 0 Å². The standard InChI is InChI=1S/C48H40N2O3/c1-3-34-17-15-23-38(31-34)49(36-19-7-5-8-20-36)47(50(37-21-9-6-10-22-37)39-24-16-18-35(4-2)32-39)30-29-40-43(33-47)48(53-46(40)51)41-25-11-13-27-44(41)52-45-28-14-12-26-42(45)48/h5-32H,3-4,33H2,1-2H3. The highest BCUT2D eigenvalue weighted by Gasteiger charge is 2.59. The van der Waals surface area contributed by atoms with Gasteiger partial charge in [0.15, 0.2) is 5.60 Å². The van der Waals surface area contributed by atoms with Gasteiger partial charge in [0.05, 0.1) is 5.57 Å². The quantitative estimate of drug-likeness (QED) is 0.117. The maximum absolute atomic E-state index is 14.3. The number of fused-ring (bicyclic) bond motifs is 5. The molecule has 2 aliphatic heterocycles. The van der Waals surface area contributed by atoms with Crippen molar-refractivity contribution in [2.75, 3.05) is 9.80 Å². The van der Waals surface area contributed by atoms with Gasteiger partial charge in [0.1, 0.15) is 17.2 Å². The summed E-state index contributed by atoms with van der Waals surface area (Å²) in [5.74, 6) is 1.02. The van der Waals surface area contributed by atoms with Crippen LogP contribution in [0, 0.1) is 0 Å². The number of rotatable bonds is 8. The van der Waals surface area contributed by atoms with Crippen molar-refractivity contribution in [3.05, 3.63) is 203 Å². The Bertz CT molecular complexity index is 2260. The maximum Gasteiger partial charge on any atom is 0.339 e. The maximum atomic E-state index is 14.3. The highest BCUT2D eigenvalue weighted by Crippen LogP contribution is 2.60. The van der Waals surface area contributed by atoms with Gasteiger partial charge in [-0.3, -0.25) is 0 Å². The van der Waals surface area contributed by atoms with E-state index in [1.54, 1.807) is 0 Å². The van der Waals surface area contributed by atoms with Crippen LogP contribution in [0.5, 0.6) is 11.5 Å². The Labute approximate surface area is 311 Å². The molecular formula is C48H40N2O3. The Kier molecular flexibility index (Phi) is 8.00. The molecule has 3 aliphatic rings. The van der Waals surface area contributed by atoms with Crippen molar-refractivity contribution in [2.45, 2.75) is 44.4 Å². The average Bonchev–Trinajstić information content (AvgIpc) is 3.50. The van der Waals surface area contributed by atoms with Gasteiger partial charge in [0.2, 0.25) is 0 Å². The molecule has 0 saturated carbocycles. The summed E-state index contributed by atoms with van der Waals surface area (Å²) in [4.78, 5) is 19.2. The number of hydrogen-bond acceptors (Lipinski definition) is 5. The molecule has 0 fully saturated rings. The number of carbonyl (C=O) groups is 1. The van der Waals surface area contributed by atoms with Crippen molar-refractivity contribution in [3.8, 4) is 11.5 Å². The molecule has 6 aromatic carbocycles. The van der Waals surface area contributed by atoms with Gasteiger partial charge in [-0.2, -0.15) is 0 Å². The first-order valence-electron chi connectivity index (χ1n) is 18.5. The zero-order valence-corrected chi connectivity index (χ0v) is 29.9. The first-order valence-corrected chi connectivity index (χ1v) is 18.5. The fourth-order valence-corrected chi connectivity index (χ4v) is 8.47. The molecule has 0 saturated heterocycles. The number of carbonyl (C=O) groups excluding carboxylic acids is 1.